The summed E-state index contributed by atoms with van der Waals surface area (Å²) < 4.78 is 0.838. The second kappa shape index (κ2) is 4.89. The summed E-state index contributed by atoms with van der Waals surface area (Å²) in [6.45, 7) is 2.88. The van der Waals surface area contributed by atoms with Crippen molar-refractivity contribution in [3.63, 3.8) is 0 Å². The topological polar surface area (TPSA) is 27.8 Å². The fraction of sp³-hybridized carbons (Fsp3) is 0.250. The molecule has 0 radical (unpaired) electrons. The van der Waals surface area contributed by atoms with Crippen molar-refractivity contribution in [3.05, 3.63) is 35.5 Å². The number of benzene rings is 1. The number of thioether (sulfide) groups is 1. The second-order valence-corrected chi connectivity index (χ2v) is 5.10. The molecular weight excluding hydrogens is 236 g/mol. The maximum Gasteiger partial charge on any atom is 0.133 e. The van der Waals surface area contributed by atoms with Crippen molar-refractivity contribution in [2.45, 2.75) is 13.5 Å². The van der Waals surface area contributed by atoms with Crippen LogP contribution in [0.5, 0.6) is 0 Å². The maximum absolute atomic E-state index is 5.14. The lowest BCUT2D eigenvalue weighted by Crippen LogP contribution is -2.17. The van der Waals surface area contributed by atoms with Crippen LogP contribution in [0, 0.1) is 6.92 Å². The molecule has 0 amide bonds. The maximum atomic E-state index is 5.14. The quantitative estimate of drug-likeness (QED) is 0.802. The van der Waals surface area contributed by atoms with Crippen LogP contribution in [-0.2, 0) is 6.54 Å². The lowest BCUT2D eigenvalue weighted by Gasteiger charge is -2.05. The van der Waals surface area contributed by atoms with Crippen LogP contribution in [0.1, 0.15) is 11.3 Å². The van der Waals surface area contributed by atoms with Gasteiger partial charge in [0.05, 0.1) is 0 Å². The lowest BCUT2D eigenvalue weighted by atomic mass is 10.1. The Bertz CT molecular complexity index is 517. The van der Waals surface area contributed by atoms with E-state index in [0.29, 0.717) is 0 Å². The summed E-state index contributed by atoms with van der Waals surface area (Å²) in [5, 5.41) is 4.52. The largest absolute Gasteiger partial charge is 0.367 e. The summed E-state index contributed by atoms with van der Waals surface area (Å²) in [6.07, 6.45) is 1.98. The minimum atomic E-state index is 0.787. The van der Waals surface area contributed by atoms with Crippen molar-refractivity contribution >= 4 is 39.2 Å². The molecule has 0 fully saturated rings. The summed E-state index contributed by atoms with van der Waals surface area (Å²) in [6, 6.07) is 8.34. The van der Waals surface area contributed by atoms with Gasteiger partial charge in [-0.1, -0.05) is 30.4 Å². The molecular formula is C12H14N2S2. The van der Waals surface area contributed by atoms with Gasteiger partial charge >= 0.3 is 0 Å². The van der Waals surface area contributed by atoms with Crippen LogP contribution in [0.3, 0.4) is 0 Å². The summed E-state index contributed by atoms with van der Waals surface area (Å²) in [5.74, 6) is 0. The molecule has 2 aromatic rings. The number of para-hydroxylation sites is 1. The molecule has 0 saturated heterocycles. The van der Waals surface area contributed by atoms with Gasteiger partial charge in [0, 0.05) is 23.1 Å². The summed E-state index contributed by atoms with van der Waals surface area (Å²) in [7, 11) is 0. The second-order valence-electron chi connectivity index (χ2n) is 3.62. The van der Waals surface area contributed by atoms with Gasteiger partial charge in [-0.25, -0.2) is 0 Å². The van der Waals surface area contributed by atoms with Gasteiger partial charge in [0.2, 0.25) is 0 Å². The number of rotatable bonds is 2. The molecule has 0 aliphatic rings. The van der Waals surface area contributed by atoms with Gasteiger partial charge in [0.15, 0.2) is 0 Å². The first kappa shape index (κ1) is 11.5. The van der Waals surface area contributed by atoms with Gasteiger partial charge < -0.3 is 10.3 Å². The van der Waals surface area contributed by atoms with Crippen molar-refractivity contribution in [1.29, 1.82) is 0 Å². The Morgan fingerprint density at radius 3 is 2.94 bits per heavy atom. The van der Waals surface area contributed by atoms with Gasteiger partial charge in [-0.2, -0.15) is 0 Å². The number of fused-ring (bicyclic) bond motifs is 1. The van der Waals surface area contributed by atoms with Crippen LogP contribution in [0.2, 0.25) is 0 Å². The Morgan fingerprint density at radius 1 is 1.44 bits per heavy atom. The third-order valence-corrected chi connectivity index (χ3v) is 3.78. The SMILES string of the molecule is CSC(=S)NCc1c(C)[nH]c2ccccc12. The number of hydrogen-bond acceptors (Lipinski definition) is 2. The molecule has 0 atom stereocenters. The first-order valence-corrected chi connectivity index (χ1v) is 6.73. The first-order chi connectivity index (χ1) is 7.72. The zero-order valence-corrected chi connectivity index (χ0v) is 11.0. The van der Waals surface area contributed by atoms with Crippen molar-refractivity contribution in [3.8, 4) is 0 Å². The van der Waals surface area contributed by atoms with Gasteiger partial charge in [-0.15, -0.1) is 11.8 Å². The molecule has 0 aliphatic carbocycles. The zero-order chi connectivity index (χ0) is 11.5. The van der Waals surface area contributed by atoms with E-state index >= 15 is 0 Å². The molecule has 0 bridgehead atoms. The fourth-order valence-electron chi connectivity index (χ4n) is 1.80. The van der Waals surface area contributed by atoms with Gasteiger partial charge in [-0.05, 0) is 24.8 Å². The molecule has 4 heteroatoms. The lowest BCUT2D eigenvalue weighted by molar-refractivity contribution is 0.934. The molecule has 2 rings (SSSR count). The molecule has 0 aliphatic heterocycles. The van der Waals surface area contributed by atoms with Gasteiger partial charge in [-0.3, -0.25) is 0 Å². The normalized spacial score (nSPS) is 10.6. The number of thiocarbonyl (C=S) groups is 1. The van der Waals surface area contributed by atoms with Crippen molar-refractivity contribution in [2.24, 2.45) is 0 Å². The standard InChI is InChI=1S/C12H14N2S2/c1-8-10(7-13-12(15)16-2)9-5-3-4-6-11(9)14-8/h3-6,14H,7H2,1-2H3,(H,13,15). The average Bonchev–Trinajstić information content (AvgIpc) is 2.62. The van der Waals surface area contributed by atoms with E-state index in [1.54, 1.807) is 11.8 Å². The van der Waals surface area contributed by atoms with E-state index in [9.17, 15) is 0 Å². The Morgan fingerprint density at radius 2 is 2.19 bits per heavy atom. The van der Waals surface area contributed by atoms with Crippen LogP contribution in [0.25, 0.3) is 10.9 Å². The number of aryl methyl sites for hydroxylation is 1. The molecule has 0 saturated carbocycles. The minimum Gasteiger partial charge on any atom is -0.367 e. The molecule has 1 aromatic carbocycles. The minimum absolute atomic E-state index is 0.787. The molecule has 84 valence electrons. The van der Waals surface area contributed by atoms with E-state index in [-0.39, 0.29) is 0 Å². The van der Waals surface area contributed by atoms with Crippen LogP contribution in [-0.4, -0.2) is 15.6 Å². The third-order valence-electron chi connectivity index (χ3n) is 2.62. The molecule has 0 spiro atoms. The number of nitrogens with one attached hydrogen (secondary N) is 2. The van der Waals surface area contributed by atoms with Gasteiger partial charge in [0.1, 0.15) is 4.32 Å². The monoisotopic (exact) mass is 250 g/mol. The van der Waals surface area contributed by atoms with Crippen LogP contribution >= 0.6 is 24.0 Å². The van der Waals surface area contributed by atoms with E-state index in [0.717, 1.165) is 10.9 Å². The van der Waals surface area contributed by atoms with Gasteiger partial charge in [0.25, 0.3) is 0 Å². The number of H-pyrrole nitrogens is 1. The molecule has 2 nitrogen and oxygen atoms in total. The van der Waals surface area contributed by atoms with Crippen LogP contribution in [0.15, 0.2) is 24.3 Å². The van der Waals surface area contributed by atoms with Crippen molar-refractivity contribution in [1.82, 2.24) is 10.3 Å². The number of aromatic amines is 1. The zero-order valence-electron chi connectivity index (χ0n) is 9.33. The average molecular weight is 250 g/mol. The van der Waals surface area contributed by atoms with Crippen molar-refractivity contribution < 1.29 is 0 Å². The number of aromatic nitrogens is 1. The highest BCUT2D eigenvalue weighted by Gasteiger charge is 2.07. The summed E-state index contributed by atoms with van der Waals surface area (Å²) in [5.41, 5.74) is 3.69. The van der Waals surface area contributed by atoms with Crippen LogP contribution in [0.4, 0.5) is 0 Å². The van der Waals surface area contributed by atoms with E-state index < -0.39 is 0 Å². The Hall–Kier alpha value is -1.00. The molecule has 1 aromatic heterocycles. The highest BCUT2D eigenvalue weighted by molar-refractivity contribution is 8.22. The molecule has 0 unspecified atom stereocenters. The first-order valence-electron chi connectivity index (χ1n) is 5.10. The smallest absolute Gasteiger partial charge is 0.133 e. The highest BCUT2D eigenvalue weighted by atomic mass is 32.2. The van der Waals surface area contributed by atoms with E-state index in [1.807, 2.05) is 12.3 Å². The third kappa shape index (κ3) is 2.23. The Kier molecular flexibility index (Phi) is 3.51. The summed E-state index contributed by atoms with van der Waals surface area (Å²) in [4.78, 5) is 3.38. The summed E-state index contributed by atoms with van der Waals surface area (Å²) >= 11 is 6.70. The molecule has 16 heavy (non-hydrogen) atoms. The Labute approximate surface area is 105 Å². The Balaban J connectivity index is 2.29. The molecule has 2 N–H and O–H groups in total. The molecule has 1 heterocycles. The van der Waals surface area contributed by atoms with Crippen molar-refractivity contribution in [2.75, 3.05) is 6.26 Å². The van der Waals surface area contributed by atoms with E-state index in [1.165, 1.54) is 22.2 Å². The van der Waals surface area contributed by atoms with E-state index in [2.05, 4.69) is 35.4 Å². The van der Waals surface area contributed by atoms with E-state index in [4.69, 9.17) is 12.2 Å². The predicted molar refractivity (Wildman–Crippen MR) is 76.0 cm³/mol. The highest BCUT2D eigenvalue weighted by Crippen LogP contribution is 2.21. The predicted octanol–water partition coefficient (Wildman–Crippen LogP) is 3.21. The number of hydrogen-bond donors (Lipinski definition) is 2. The fourth-order valence-corrected chi connectivity index (χ4v) is 2.08. The van der Waals surface area contributed by atoms with Crippen LogP contribution < -0.4 is 5.32 Å².